The van der Waals surface area contributed by atoms with Gasteiger partial charge in [0.25, 0.3) is 0 Å². The Morgan fingerprint density at radius 2 is 1.90 bits per heavy atom. The molecule has 1 unspecified atom stereocenters. The topological polar surface area (TPSA) is 24.9 Å². The summed E-state index contributed by atoms with van der Waals surface area (Å²) in [5.41, 5.74) is 3.38. The van der Waals surface area contributed by atoms with Gasteiger partial charge in [0.1, 0.15) is 0 Å². The molecular weight excluding hydrogens is 324 g/mol. The summed E-state index contributed by atoms with van der Waals surface area (Å²) < 4.78 is 1.11. The normalized spacial score (nSPS) is 12.5. The molecule has 1 heterocycles. The van der Waals surface area contributed by atoms with Crippen LogP contribution in [0, 0.1) is 0 Å². The Bertz CT molecular complexity index is 755. The van der Waals surface area contributed by atoms with E-state index in [9.17, 15) is 0 Å². The van der Waals surface area contributed by atoms with E-state index in [1.165, 1.54) is 10.9 Å². The Kier molecular flexibility index (Phi) is 4.32. The molecule has 0 bridgehead atoms. The average molecular weight is 341 g/mol. The van der Waals surface area contributed by atoms with Gasteiger partial charge in [0.15, 0.2) is 0 Å². The van der Waals surface area contributed by atoms with Crippen molar-refractivity contribution in [3.8, 4) is 0 Å². The van der Waals surface area contributed by atoms with Gasteiger partial charge in [0.05, 0.1) is 11.2 Å². The average Bonchev–Trinajstić information content (AvgIpc) is 2.52. The van der Waals surface area contributed by atoms with Crippen LogP contribution in [0.1, 0.15) is 24.2 Å². The molecule has 1 aromatic heterocycles. The van der Waals surface area contributed by atoms with Crippen molar-refractivity contribution in [3.05, 3.63) is 76.4 Å². The predicted molar refractivity (Wildman–Crippen MR) is 91.1 cm³/mol. The highest BCUT2D eigenvalue weighted by Crippen LogP contribution is 2.18. The van der Waals surface area contributed by atoms with Gasteiger partial charge in [0, 0.05) is 22.4 Å². The second-order valence-electron chi connectivity index (χ2n) is 5.15. The SMILES string of the molecule is CC(NCc1ccc2ccccc2n1)c1cccc(Br)c1. The number of nitrogens with one attached hydrogen (secondary N) is 1. The van der Waals surface area contributed by atoms with E-state index >= 15 is 0 Å². The summed E-state index contributed by atoms with van der Waals surface area (Å²) in [5, 5.41) is 4.71. The van der Waals surface area contributed by atoms with Gasteiger partial charge in [-0.15, -0.1) is 0 Å². The minimum atomic E-state index is 0.288. The molecule has 3 heteroatoms. The minimum absolute atomic E-state index is 0.288. The van der Waals surface area contributed by atoms with Crippen LogP contribution in [0.2, 0.25) is 0 Å². The predicted octanol–water partition coefficient (Wildman–Crippen LogP) is 4.85. The van der Waals surface area contributed by atoms with E-state index in [0.717, 1.165) is 22.2 Å². The lowest BCUT2D eigenvalue weighted by Crippen LogP contribution is -2.18. The molecule has 21 heavy (non-hydrogen) atoms. The van der Waals surface area contributed by atoms with Crippen molar-refractivity contribution in [2.24, 2.45) is 0 Å². The lowest BCUT2D eigenvalue weighted by atomic mass is 10.1. The highest BCUT2D eigenvalue weighted by molar-refractivity contribution is 9.10. The first kappa shape index (κ1) is 14.2. The molecule has 0 aliphatic rings. The van der Waals surface area contributed by atoms with Crippen LogP contribution in [0.5, 0.6) is 0 Å². The Balaban J connectivity index is 1.71. The van der Waals surface area contributed by atoms with Gasteiger partial charge in [-0.25, -0.2) is 0 Å². The standard InChI is InChI=1S/C18H17BrN2/c1-13(15-6-4-7-16(19)11-15)20-12-17-10-9-14-5-2-3-8-18(14)21-17/h2-11,13,20H,12H2,1H3. The number of aromatic nitrogens is 1. The Morgan fingerprint density at radius 1 is 1.05 bits per heavy atom. The highest BCUT2D eigenvalue weighted by atomic mass is 79.9. The van der Waals surface area contributed by atoms with E-state index in [1.807, 2.05) is 18.2 Å². The van der Waals surface area contributed by atoms with Gasteiger partial charge < -0.3 is 5.32 Å². The Labute approximate surface area is 133 Å². The molecule has 2 aromatic carbocycles. The maximum absolute atomic E-state index is 4.69. The first-order valence-corrected chi connectivity index (χ1v) is 7.85. The van der Waals surface area contributed by atoms with Crippen LogP contribution >= 0.6 is 15.9 Å². The van der Waals surface area contributed by atoms with Gasteiger partial charge in [0.2, 0.25) is 0 Å². The molecular formula is C18H17BrN2. The Hall–Kier alpha value is -1.71. The van der Waals surface area contributed by atoms with Crippen molar-refractivity contribution in [3.63, 3.8) is 0 Å². The van der Waals surface area contributed by atoms with Crippen LogP contribution in [-0.4, -0.2) is 4.98 Å². The summed E-state index contributed by atoms with van der Waals surface area (Å²) in [6, 6.07) is 21.1. The third-order valence-electron chi connectivity index (χ3n) is 3.59. The summed E-state index contributed by atoms with van der Waals surface area (Å²) in [4.78, 5) is 4.69. The lowest BCUT2D eigenvalue weighted by molar-refractivity contribution is 0.568. The van der Waals surface area contributed by atoms with Crippen molar-refractivity contribution >= 4 is 26.8 Å². The van der Waals surface area contributed by atoms with Crippen LogP contribution < -0.4 is 5.32 Å². The van der Waals surface area contributed by atoms with Gasteiger partial charge in [-0.1, -0.05) is 52.3 Å². The van der Waals surface area contributed by atoms with E-state index in [2.05, 4.69) is 75.6 Å². The number of halogens is 1. The maximum Gasteiger partial charge on any atom is 0.0705 e. The molecule has 0 aliphatic carbocycles. The molecule has 3 rings (SSSR count). The third kappa shape index (κ3) is 3.49. The van der Waals surface area contributed by atoms with Crippen LogP contribution in [0.4, 0.5) is 0 Å². The largest absolute Gasteiger partial charge is 0.305 e. The van der Waals surface area contributed by atoms with E-state index < -0.39 is 0 Å². The number of hydrogen-bond acceptors (Lipinski definition) is 2. The molecule has 0 spiro atoms. The second kappa shape index (κ2) is 6.37. The van der Waals surface area contributed by atoms with E-state index in [1.54, 1.807) is 0 Å². The molecule has 3 aromatic rings. The molecule has 1 atom stereocenters. The third-order valence-corrected chi connectivity index (χ3v) is 4.09. The van der Waals surface area contributed by atoms with Crippen LogP contribution in [-0.2, 0) is 6.54 Å². The fourth-order valence-corrected chi connectivity index (χ4v) is 2.78. The number of rotatable bonds is 4. The van der Waals surface area contributed by atoms with Crippen molar-refractivity contribution in [2.75, 3.05) is 0 Å². The summed E-state index contributed by atoms with van der Waals surface area (Å²) >= 11 is 3.51. The fourth-order valence-electron chi connectivity index (χ4n) is 2.36. The fraction of sp³-hybridized carbons (Fsp3) is 0.167. The number of para-hydroxylation sites is 1. The summed E-state index contributed by atoms with van der Waals surface area (Å²) in [6.45, 7) is 2.93. The van der Waals surface area contributed by atoms with Crippen molar-refractivity contribution in [2.45, 2.75) is 19.5 Å². The van der Waals surface area contributed by atoms with Crippen LogP contribution in [0.15, 0.2) is 65.1 Å². The number of benzene rings is 2. The van der Waals surface area contributed by atoms with Crippen molar-refractivity contribution in [1.82, 2.24) is 10.3 Å². The summed E-state index contributed by atoms with van der Waals surface area (Å²) in [5.74, 6) is 0. The highest BCUT2D eigenvalue weighted by Gasteiger charge is 2.06. The molecule has 0 fully saturated rings. The lowest BCUT2D eigenvalue weighted by Gasteiger charge is -2.14. The van der Waals surface area contributed by atoms with Gasteiger partial charge in [-0.3, -0.25) is 4.98 Å². The van der Waals surface area contributed by atoms with E-state index in [4.69, 9.17) is 0 Å². The first-order chi connectivity index (χ1) is 10.2. The summed E-state index contributed by atoms with van der Waals surface area (Å²) in [7, 11) is 0. The van der Waals surface area contributed by atoms with Crippen LogP contribution in [0.25, 0.3) is 10.9 Å². The van der Waals surface area contributed by atoms with Crippen molar-refractivity contribution in [1.29, 1.82) is 0 Å². The molecule has 1 N–H and O–H groups in total. The number of pyridine rings is 1. The number of fused-ring (bicyclic) bond motifs is 1. The maximum atomic E-state index is 4.69. The monoisotopic (exact) mass is 340 g/mol. The Morgan fingerprint density at radius 3 is 2.76 bits per heavy atom. The molecule has 0 amide bonds. The zero-order valence-electron chi connectivity index (χ0n) is 11.9. The first-order valence-electron chi connectivity index (χ1n) is 7.06. The van der Waals surface area contributed by atoms with E-state index in [0.29, 0.717) is 0 Å². The number of hydrogen-bond donors (Lipinski definition) is 1. The minimum Gasteiger partial charge on any atom is -0.305 e. The second-order valence-corrected chi connectivity index (χ2v) is 6.07. The summed E-state index contributed by atoms with van der Waals surface area (Å²) in [6.07, 6.45) is 0. The number of nitrogens with zero attached hydrogens (tertiary/aromatic N) is 1. The smallest absolute Gasteiger partial charge is 0.0705 e. The molecule has 2 nitrogen and oxygen atoms in total. The molecule has 0 saturated carbocycles. The molecule has 0 saturated heterocycles. The molecule has 106 valence electrons. The zero-order chi connectivity index (χ0) is 14.7. The van der Waals surface area contributed by atoms with Gasteiger partial charge >= 0.3 is 0 Å². The van der Waals surface area contributed by atoms with E-state index in [-0.39, 0.29) is 6.04 Å². The van der Waals surface area contributed by atoms with Crippen LogP contribution in [0.3, 0.4) is 0 Å². The zero-order valence-corrected chi connectivity index (χ0v) is 13.5. The van der Waals surface area contributed by atoms with Gasteiger partial charge in [-0.05, 0) is 36.8 Å². The van der Waals surface area contributed by atoms with Crippen molar-refractivity contribution < 1.29 is 0 Å². The van der Waals surface area contributed by atoms with Gasteiger partial charge in [-0.2, -0.15) is 0 Å². The molecule has 0 radical (unpaired) electrons. The molecule has 0 aliphatic heterocycles. The quantitative estimate of drug-likeness (QED) is 0.734.